The largest absolute Gasteiger partial charge is 0.420 e. The molecule has 7 nitrogen and oxygen atoms in total. The first-order valence-electron chi connectivity index (χ1n) is 11.2. The van der Waals surface area contributed by atoms with Crippen molar-refractivity contribution in [2.45, 2.75) is 12.7 Å². The van der Waals surface area contributed by atoms with E-state index in [1.165, 1.54) is 10.8 Å². The van der Waals surface area contributed by atoms with Crippen LogP contribution in [0.1, 0.15) is 11.1 Å². The van der Waals surface area contributed by atoms with E-state index in [9.17, 15) is 18.0 Å². The molecule has 0 spiro atoms. The van der Waals surface area contributed by atoms with Gasteiger partial charge in [0.2, 0.25) is 0 Å². The third kappa shape index (κ3) is 3.81. The van der Waals surface area contributed by atoms with Crippen LogP contribution in [-0.2, 0) is 12.7 Å². The molecule has 190 valence electrons. The Labute approximate surface area is 210 Å². The maximum atomic E-state index is 15.1. The molecule has 0 aliphatic carbocycles. The molecular formula is C26H15F5N6O. The molecule has 0 fully saturated rings. The average Bonchev–Trinajstić information content (AvgIpc) is 3.55. The first-order chi connectivity index (χ1) is 18.2. The third-order valence-electron chi connectivity index (χ3n) is 6.12. The van der Waals surface area contributed by atoms with Gasteiger partial charge in [0.25, 0.3) is 5.56 Å². The fraction of sp³-hybridized carbons (Fsp3) is 0.0769. The Kier molecular flexibility index (Phi) is 5.33. The Hall–Kier alpha value is -4.87. The van der Waals surface area contributed by atoms with Crippen LogP contribution < -0.4 is 5.56 Å². The monoisotopic (exact) mass is 522 g/mol. The minimum atomic E-state index is -4.82. The maximum Gasteiger partial charge on any atom is 0.420 e. The molecule has 2 aliphatic heterocycles. The molecule has 0 amide bonds. The summed E-state index contributed by atoms with van der Waals surface area (Å²) in [6, 6.07) is 12.5. The Morgan fingerprint density at radius 3 is 2.37 bits per heavy atom. The van der Waals surface area contributed by atoms with E-state index in [0.717, 1.165) is 36.1 Å². The number of halogens is 5. The number of hydrogen-bond acceptors (Lipinski definition) is 4. The van der Waals surface area contributed by atoms with Gasteiger partial charge in [0.1, 0.15) is 22.9 Å². The van der Waals surface area contributed by atoms with Crippen LogP contribution in [0.5, 0.6) is 0 Å². The van der Waals surface area contributed by atoms with Crippen LogP contribution in [0.25, 0.3) is 33.7 Å². The number of alkyl halides is 3. The second-order valence-corrected chi connectivity index (χ2v) is 8.48. The number of pyridine rings is 2. The predicted octanol–water partition coefficient (Wildman–Crippen LogP) is 5.22. The second kappa shape index (κ2) is 8.61. The quantitative estimate of drug-likeness (QED) is 0.298. The van der Waals surface area contributed by atoms with Crippen LogP contribution in [0.4, 0.5) is 22.0 Å². The lowest BCUT2D eigenvalue weighted by Crippen LogP contribution is -2.21. The van der Waals surface area contributed by atoms with Gasteiger partial charge in [0, 0.05) is 31.3 Å². The van der Waals surface area contributed by atoms with Crippen molar-refractivity contribution >= 4 is 10.9 Å². The van der Waals surface area contributed by atoms with Crippen molar-refractivity contribution in [3.8, 4) is 22.8 Å². The van der Waals surface area contributed by atoms with Gasteiger partial charge in [-0.2, -0.15) is 28.1 Å². The van der Waals surface area contributed by atoms with Gasteiger partial charge < -0.3 is 4.57 Å². The summed E-state index contributed by atoms with van der Waals surface area (Å²) in [7, 11) is 0. The molecule has 4 aromatic rings. The van der Waals surface area contributed by atoms with E-state index < -0.39 is 34.8 Å². The van der Waals surface area contributed by atoms with Crippen molar-refractivity contribution in [1.29, 1.82) is 0 Å². The topological polar surface area (TPSA) is 70.5 Å². The van der Waals surface area contributed by atoms with Crippen LogP contribution in [0.2, 0.25) is 0 Å². The van der Waals surface area contributed by atoms with E-state index in [0.29, 0.717) is 10.2 Å². The Balaban J connectivity index is 1.55. The van der Waals surface area contributed by atoms with Crippen LogP contribution >= 0.6 is 0 Å². The number of fused-ring (bicyclic) bond motifs is 3. The smallest absolute Gasteiger partial charge is 0.340 e. The van der Waals surface area contributed by atoms with E-state index in [-0.39, 0.29) is 28.7 Å². The van der Waals surface area contributed by atoms with Gasteiger partial charge in [-0.25, -0.2) is 18.4 Å². The summed E-state index contributed by atoms with van der Waals surface area (Å²) in [6.07, 6.45) is 0.926. The first kappa shape index (κ1) is 23.5. The zero-order valence-corrected chi connectivity index (χ0v) is 19.2. The summed E-state index contributed by atoms with van der Waals surface area (Å²) < 4.78 is 74.5. The molecule has 38 heavy (non-hydrogen) atoms. The minimum Gasteiger partial charge on any atom is -0.340 e. The number of hydrogen-bond donors (Lipinski definition) is 0. The van der Waals surface area contributed by atoms with Crippen molar-refractivity contribution in [2.75, 3.05) is 0 Å². The van der Waals surface area contributed by atoms with Crippen molar-refractivity contribution in [1.82, 2.24) is 29.1 Å². The number of aromatic nitrogens is 6. The van der Waals surface area contributed by atoms with Gasteiger partial charge in [-0.15, -0.1) is 0 Å². The molecule has 12 heteroatoms. The lowest BCUT2D eigenvalue weighted by Gasteiger charge is -2.15. The highest BCUT2D eigenvalue weighted by atomic mass is 19.4. The van der Waals surface area contributed by atoms with E-state index in [1.807, 2.05) is 0 Å². The normalized spacial score (nSPS) is 12.0. The molecule has 0 N–H and O–H groups in total. The summed E-state index contributed by atoms with van der Waals surface area (Å²) in [4.78, 5) is 17.0. The van der Waals surface area contributed by atoms with Gasteiger partial charge in [-0.3, -0.25) is 4.79 Å². The second-order valence-electron chi connectivity index (χ2n) is 8.48. The van der Waals surface area contributed by atoms with Crippen molar-refractivity contribution < 1.29 is 22.0 Å². The predicted molar refractivity (Wildman–Crippen MR) is 127 cm³/mol. The molecule has 6 rings (SSSR count). The van der Waals surface area contributed by atoms with Crippen LogP contribution in [0.3, 0.4) is 0 Å². The number of rotatable bonds is 4. The zero-order chi connectivity index (χ0) is 26.6. The third-order valence-corrected chi connectivity index (χ3v) is 6.12. The Morgan fingerprint density at radius 1 is 0.895 bits per heavy atom. The highest BCUT2D eigenvalue weighted by Crippen LogP contribution is 2.35. The first-order valence-corrected chi connectivity index (χ1v) is 11.2. The molecule has 0 unspecified atom stereocenters. The summed E-state index contributed by atoms with van der Waals surface area (Å²) in [5.74, 6) is -2.42. The highest BCUT2D eigenvalue weighted by Gasteiger charge is 2.36. The fourth-order valence-corrected chi connectivity index (χ4v) is 4.41. The van der Waals surface area contributed by atoms with Crippen molar-refractivity contribution in [3.63, 3.8) is 0 Å². The molecule has 0 saturated carbocycles. The van der Waals surface area contributed by atoms with E-state index in [2.05, 4.69) is 15.2 Å². The fourth-order valence-electron chi connectivity index (χ4n) is 4.41. The molecule has 4 heterocycles. The highest BCUT2D eigenvalue weighted by molar-refractivity contribution is 5.94. The van der Waals surface area contributed by atoms with Gasteiger partial charge in [0.15, 0.2) is 5.82 Å². The van der Waals surface area contributed by atoms with Crippen LogP contribution in [-0.4, -0.2) is 29.1 Å². The van der Waals surface area contributed by atoms with Gasteiger partial charge in [-0.1, -0.05) is 12.1 Å². The average molecular weight is 522 g/mol. The van der Waals surface area contributed by atoms with Gasteiger partial charge >= 0.3 is 6.18 Å². The molecule has 0 saturated heterocycles. The van der Waals surface area contributed by atoms with Crippen LogP contribution in [0.15, 0.2) is 84.2 Å². The van der Waals surface area contributed by atoms with Gasteiger partial charge in [-0.05, 0) is 48.0 Å². The SMILES string of the molecule is O=c1c2cn(Cc3ccc(-n4cccn4)cc3)c3c(F)ccc(F)c3c-2nn1-c1ncccc1C(F)(F)F. The van der Waals surface area contributed by atoms with E-state index in [1.54, 1.807) is 47.4 Å². The molecule has 0 bridgehead atoms. The Bertz CT molecular complexity index is 1820. The number of nitrogens with zero attached hydrogens (tertiary/aromatic N) is 6. The summed E-state index contributed by atoms with van der Waals surface area (Å²) in [5.41, 5.74) is -1.31. The lowest BCUT2D eigenvalue weighted by molar-refractivity contribution is -0.137. The van der Waals surface area contributed by atoms with E-state index >= 15 is 8.78 Å². The molecule has 0 radical (unpaired) electrons. The minimum absolute atomic E-state index is 0.0359. The standard InChI is InChI=1S/C26H15F5N6O/c27-19-8-9-20(28)23-21(19)22-17(25(38)37(34-22)24-18(26(29,30)31)3-1-10-32-24)14-35(23)13-15-4-6-16(7-5-15)36-12-2-11-33-36/h1-12,14H,13H2. The summed E-state index contributed by atoms with van der Waals surface area (Å²) in [6.45, 7) is 0.0359. The van der Waals surface area contributed by atoms with E-state index in [4.69, 9.17) is 0 Å². The van der Waals surface area contributed by atoms with Crippen molar-refractivity contribution in [2.24, 2.45) is 0 Å². The molecule has 2 aromatic carbocycles. The van der Waals surface area contributed by atoms with Gasteiger partial charge in [0.05, 0.1) is 22.2 Å². The lowest BCUT2D eigenvalue weighted by atomic mass is 10.1. The molecular weight excluding hydrogens is 507 g/mol. The molecule has 2 aliphatic rings. The maximum absolute atomic E-state index is 15.1. The molecule has 0 atom stereocenters. The zero-order valence-electron chi connectivity index (χ0n) is 19.2. The Morgan fingerprint density at radius 2 is 1.66 bits per heavy atom. The summed E-state index contributed by atoms with van der Waals surface area (Å²) >= 11 is 0. The molecule has 2 aromatic heterocycles. The van der Waals surface area contributed by atoms with Crippen LogP contribution in [0, 0.1) is 11.6 Å². The van der Waals surface area contributed by atoms with Crippen molar-refractivity contribution in [3.05, 3.63) is 112 Å². The number of benzene rings is 2. The summed E-state index contributed by atoms with van der Waals surface area (Å²) in [5, 5.41) is 7.82.